The molecule has 23 heavy (non-hydrogen) atoms. The molecule has 0 radical (unpaired) electrons. The molecule has 0 aliphatic heterocycles. The van der Waals surface area contributed by atoms with Gasteiger partial charge in [-0.3, -0.25) is 0 Å². The SMILES string of the molecule is CN(Cc1ccc(Cl)cc1)c1ccc2nnc(C(C)(C)C)n2n1. The van der Waals surface area contributed by atoms with E-state index in [4.69, 9.17) is 16.7 Å². The maximum atomic E-state index is 5.94. The predicted octanol–water partition coefficient (Wildman–Crippen LogP) is 3.71. The highest BCUT2D eigenvalue weighted by Crippen LogP contribution is 2.22. The van der Waals surface area contributed by atoms with Crippen molar-refractivity contribution < 1.29 is 0 Å². The van der Waals surface area contributed by atoms with Crippen molar-refractivity contribution in [2.75, 3.05) is 11.9 Å². The zero-order valence-corrected chi connectivity index (χ0v) is 14.5. The number of halogens is 1. The van der Waals surface area contributed by atoms with Gasteiger partial charge in [0.05, 0.1) is 0 Å². The lowest BCUT2D eigenvalue weighted by Crippen LogP contribution is -2.21. The Morgan fingerprint density at radius 1 is 1.04 bits per heavy atom. The van der Waals surface area contributed by atoms with E-state index < -0.39 is 0 Å². The molecule has 0 N–H and O–H groups in total. The Morgan fingerprint density at radius 2 is 1.74 bits per heavy atom. The lowest BCUT2D eigenvalue weighted by molar-refractivity contribution is 0.526. The molecule has 0 aliphatic rings. The number of hydrogen-bond donors (Lipinski definition) is 0. The van der Waals surface area contributed by atoms with Gasteiger partial charge in [-0.1, -0.05) is 44.5 Å². The summed E-state index contributed by atoms with van der Waals surface area (Å²) in [7, 11) is 2.02. The number of rotatable bonds is 3. The molecule has 0 unspecified atom stereocenters. The Hall–Kier alpha value is -2.14. The van der Waals surface area contributed by atoms with Gasteiger partial charge in [-0.15, -0.1) is 15.3 Å². The first-order chi connectivity index (χ1) is 10.8. The first-order valence-corrected chi connectivity index (χ1v) is 7.91. The minimum Gasteiger partial charge on any atom is -0.354 e. The summed E-state index contributed by atoms with van der Waals surface area (Å²) < 4.78 is 1.83. The van der Waals surface area contributed by atoms with Gasteiger partial charge in [-0.2, -0.15) is 4.52 Å². The third-order valence-corrected chi connectivity index (χ3v) is 3.90. The van der Waals surface area contributed by atoms with Crippen LogP contribution in [-0.4, -0.2) is 26.9 Å². The molecule has 0 amide bonds. The summed E-state index contributed by atoms with van der Waals surface area (Å²) in [6.45, 7) is 7.07. The van der Waals surface area contributed by atoms with E-state index in [1.54, 1.807) is 0 Å². The van der Waals surface area contributed by atoms with Gasteiger partial charge in [0.15, 0.2) is 11.5 Å². The smallest absolute Gasteiger partial charge is 0.178 e. The van der Waals surface area contributed by atoms with E-state index in [0.717, 1.165) is 28.9 Å². The molecule has 5 nitrogen and oxygen atoms in total. The lowest BCUT2D eigenvalue weighted by atomic mass is 9.96. The molecule has 0 saturated heterocycles. The Bertz CT molecular complexity index is 817. The first kappa shape index (κ1) is 15.7. The fourth-order valence-corrected chi connectivity index (χ4v) is 2.52. The number of nitrogens with zero attached hydrogens (tertiary/aromatic N) is 5. The zero-order valence-electron chi connectivity index (χ0n) is 13.8. The molecule has 3 rings (SSSR count). The molecular formula is C17H20ClN5. The van der Waals surface area contributed by atoms with Gasteiger partial charge in [0, 0.05) is 24.0 Å². The van der Waals surface area contributed by atoms with Crippen LogP contribution >= 0.6 is 11.6 Å². The van der Waals surface area contributed by atoms with E-state index in [-0.39, 0.29) is 5.41 Å². The molecule has 0 fully saturated rings. The zero-order chi connectivity index (χ0) is 16.6. The first-order valence-electron chi connectivity index (χ1n) is 7.53. The van der Waals surface area contributed by atoms with Crippen LogP contribution in [0.4, 0.5) is 5.82 Å². The molecule has 120 valence electrons. The topological polar surface area (TPSA) is 46.3 Å². The van der Waals surface area contributed by atoms with Crippen molar-refractivity contribution in [1.29, 1.82) is 0 Å². The average Bonchev–Trinajstić information content (AvgIpc) is 2.92. The largest absolute Gasteiger partial charge is 0.354 e. The van der Waals surface area contributed by atoms with Gasteiger partial charge >= 0.3 is 0 Å². The highest BCUT2D eigenvalue weighted by atomic mass is 35.5. The van der Waals surface area contributed by atoms with Crippen LogP contribution in [-0.2, 0) is 12.0 Å². The minimum absolute atomic E-state index is 0.111. The molecule has 0 aliphatic carbocycles. The molecule has 0 saturated carbocycles. The summed E-state index contributed by atoms with van der Waals surface area (Å²) in [5.74, 6) is 1.73. The predicted molar refractivity (Wildman–Crippen MR) is 93.0 cm³/mol. The van der Waals surface area contributed by atoms with Crippen LogP contribution in [0, 0.1) is 0 Å². The summed E-state index contributed by atoms with van der Waals surface area (Å²) >= 11 is 5.94. The lowest BCUT2D eigenvalue weighted by Gasteiger charge is -2.19. The standard InChI is InChI=1S/C17H20ClN5/c1-17(2,3)16-20-19-14-9-10-15(21-23(14)16)22(4)11-12-5-7-13(18)8-6-12/h5-10H,11H2,1-4H3. The Kier molecular flexibility index (Phi) is 3.98. The summed E-state index contributed by atoms with van der Waals surface area (Å²) in [4.78, 5) is 2.09. The Morgan fingerprint density at radius 3 is 2.39 bits per heavy atom. The van der Waals surface area contributed by atoms with E-state index >= 15 is 0 Å². The molecular weight excluding hydrogens is 310 g/mol. The fourth-order valence-electron chi connectivity index (χ4n) is 2.40. The van der Waals surface area contributed by atoms with Gasteiger partial charge in [-0.25, -0.2) is 0 Å². The molecule has 6 heteroatoms. The van der Waals surface area contributed by atoms with Crippen LogP contribution in [0.2, 0.25) is 5.02 Å². The Balaban J connectivity index is 1.91. The van der Waals surface area contributed by atoms with Crippen LogP contribution in [0.3, 0.4) is 0 Å². The van der Waals surface area contributed by atoms with Crippen molar-refractivity contribution in [3.63, 3.8) is 0 Å². The van der Waals surface area contributed by atoms with Crippen LogP contribution in [0.5, 0.6) is 0 Å². The van der Waals surface area contributed by atoms with Crippen LogP contribution in [0.1, 0.15) is 32.2 Å². The van der Waals surface area contributed by atoms with Crippen molar-refractivity contribution in [3.05, 3.63) is 52.8 Å². The molecule has 0 bridgehead atoms. The average molecular weight is 330 g/mol. The number of benzene rings is 1. The molecule has 2 aromatic heterocycles. The fraction of sp³-hybridized carbons (Fsp3) is 0.353. The second kappa shape index (κ2) is 5.81. The van der Waals surface area contributed by atoms with Crippen LogP contribution in [0.25, 0.3) is 5.65 Å². The second-order valence-corrected chi connectivity index (χ2v) is 7.15. The number of fused-ring (bicyclic) bond motifs is 1. The van der Waals surface area contributed by atoms with E-state index in [9.17, 15) is 0 Å². The molecule has 0 spiro atoms. The summed E-state index contributed by atoms with van der Waals surface area (Å²) in [6.07, 6.45) is 0. The summed E-state index contributed by atoms with van der Waals surface area (Å²) in [5.41, 5.74) is 1.83. The van der Waals surface area contributed by atoms with Gasteiger partial charge in [-0.05, 0) is 29.8 Å². The van der Waals surface area contributed by atoms with Crippen molar-refractivity contribution in [2.24, 2.45) is 0 Å². The third kappa shape index (κ3) is 3.29. The highest BCUT2D eigenvalue weighted by molar-refractivity contribution is 6.30. The van der Waals surface area contributed by atoms with Gasteiger partial charge in [0.1, 0.15) is 5.82 Å². The molecule has 0 atom stereocenters. The van der Waals surface area contributed by atoms with E-state index in [2.05, 4.69) is 35.9 Å². The maximum absolute atomic E-state index is 5.94. The quantitative estimate of drug-likeness (QED) is 0.735. The molecule has 3 aromatic rings. The van der Waals surface area contributed by atoms with Crippen molar-refractivity contribution in [1.82, 2.24) is 19.8 Å². The minimum atomic E-state index is -0.111. The third-order valence-electron chi connectivity index (χ3n) is 3.64. The van der Waals surface area contributed by atoms with Crippen molar-refractivity contribution >= 4 is 23.1 Å². The second-order valence-electron chi connectivity index (χ2n) is 6.72. The summed E-state index contributed by atoms with van der Waals surface area (Å²) in [5, 5.41) is 13.9. The number of hydrogen-bond acceptors (Lipinski definition) is 4. The van der Waals surface area contributed by atoms with Gasteiger partial charge in [0.2, 0.25) is 0 Å². The molecule has 2 heterocycles. The van der Waals surface area contributed by atoms with Crippen LogP contribution in [0.15, 0.2) is 36.4 Å². The number of anilines is 1. The van der Waals surface area contributed by atoms with Gasteiger partial charge < -0.3 is 4.90 Å². The highest BCUT2D eigenvalue weighted by Gasteiger charge is 2.22. The van der Waals surface area contributed by atoms with E-state index in [1.807, 2.05) is 48.0 Å². The maximum Gasteiger partial charge on any atom is 0.178 e. The van der Waals surface area contributed by atoms with Crippen molar-refractivity contribution in [3.8, 4) is 0 Å². The van der Waals surface area contributed by atoms with E-state index in [0.29, 0.717) is 0 Å². The summed E-state index contributed by atoms with van der Waals surface area (Å²) in [6, 6.07) is 11.8. The monoisotopic (exact) mass is 329 g/mol. The number of aromatic nitrogens is 4. The van der Waals surface area contributed by atoms with Crippen molar-refractivity contribution in [2.45, 2.75) is 32.7 Å². The Labute approximate surface area is 140 Å². The van der Waals surface area contributed by atoms with E-state index in [1.165, 1.54) is 5.56 Å². The van der Waals surface area contributed by atoms with Crippen LogP contribution < -0.4 is 4.90 Å². The van der Waals surface area contributed by atoms with Gasteiger partial charge in [0.25, 0.3) is 0 Å². The molecule has 1 aromatic carbocycles. The normalized spacial score (nSPS) is 11.9.